The van der Waals surface area contributed by atoms with Crippen molar-refractivity contribution in [2.45, 2.75) is 25.8 Å². The topological polar surface area (TPSA) is 52.3 Å². The second kappa shape index (κ2) is 9.00. The van der Waals surface area contributed by atoms with Crippen molar-refractivity contribution in [3.8, 4) is 0 Å². The van der Waals surface area contributed by atoms with Gasteiger partial charge in [-0.05, 0) is 31.1 Å². The first-order chi connectivity index (χ1) is 8.74. The molecule has 0 aromatic heterocycles. The number of aryl methyl sites for hydroxylation is 1. The highest BCUT2D eigenvalue weighted by atomic mass is 32.2. The van der Waals surface area contributed by atoms with Crippen LogP contribution in [0.1, 0.15) is 18.9 Å². The lowest BCUT2D eigenvalue weighted by atomic mass is 10.1. The first kappa shape index (κ1) is 15.1. The Bertz CT molecular complexity index is 343. The predicted molar refractivity (Wildman–Crippen MR) is 76.7 cm³/mol. The molecule has 0 aliphatic carbocycles. The molecule has 1 atom stereocenters. The van der Waals surface area contributed by atoms with E-state index in [1.807, 2.05) is 6.07 Å². The number of hydrogen-bond acceptors (Lipinski definition) is 4. The molecule has 0 bridgehead atoms. The monoisotopic (exact) mass is 267 g/mol. The van der Waals surface area contributed by atoms with Crippen molar-refractivity contribution in [2.24, 2.45) is 5.73 Å². The van der Waals surface area contributed by atoms with E-state index < -0.39 is 6.04 Å². The molecule has 0 saturated carbocycles. The average Bonchev–Trinajstić information content (AvgIpc) is 2.39. The fourth-order valence-electron chi connectivity index (χ4n) is 1.55. The molecule has 1 aromatic rings. The van der Waals surface area contributed by atoms with Gasteiger partial charge in [0, 0.05) is 5.75 Å². The fourth-order valence-corrected chi connectivity index (χ4v) is 2.46. The van der Waals surface area contributed by atoms with Crippen LogP contribution >= 0.6 is 11.8 Å². The van der Waals surface area contributed by atoms with Crippen molar-refractivity contribution in [1.82, 2.24) is 0 Å². The molecule has 0 amide bonds. The van der Waals surface area contributed by atoms with Gasteiger partial charge in [0.2, 0.25) is 0 Å². The van der Waals surface area contributed by atoms with E-state index in [-0.39, 0.29) is 5.97 Å². The number of benzene rings is 1. The molecule has 1 aromatic carbocycles. The maximum absolute atomic E-state index is 11.3. The Morgan fingerprint density at radius 1 is 1.39 bits per heavy atom. The van der Waals surface area contributed by atoms with E-state index in [4.69, 9.17) is 10.5 Å². The summed E-state index contributed by atoms with van der Waals surface area (Å²) in [7, 11) is 0. The smallest absolute Gasteiger partial charge is 0.323 e. The first-order valence-electron chi connectivity index (χ1n) is 6.28. The SMILES string of the molecule is CCOC(=O)C(N)CSCCCc1ccccc1. The average molecular weight is 267 g/mol. The number of rotatable bonds is 8. The highest BCUT2D eigenvalue weighted by molar-refractivity contribution is 7.99. The maximum atomic E-state index is 11.3. The van der Waals surface area contributed by atoms with Crippen LogP contribution in [0.2, 0.25) is 0 Å². The van der Waals surface area contributed by atoms with E-state index in [9.17, 15) is 4.79 Å². The molecule has 0 spiro atoms. The van der Waals surface area contributed by atoms with E-state index >= 15 is 0 Å². The van der Waals surface area contributed by atoms with Gasteiger partial charge in [0.25, 0.3) is 0 Å². The van der Waals surface area contributed by atoms with Gasteiger partial charge in [0.15, 0.2) is 0 Å². The summed E-state index contributed by atoms with van der Waals surface area (Å²) in [5, 5.41) is 0. The summed E-state index contributed by atoms with van der Waals surface area (Å²) in [6.45, 7) is 2.18. The van der Waals surface area contributed by atoms with Crippen molar-refractivity contribution in [2.75, 3.05) is 18.1 Å². The summed E-state index contributed by atoms with van der Waals surface area (Å²) >= 11 is 1.71. The van der Waals surface area contributed by atoms with E-state index in [1.165, 1.54) is 5.56 Å². The van der Waals surface area contributed by atoms with Gasteiger partial charge in [-0.15, -0.1) is 0 Å². The zero-order chi connectivity index (χ0) is 13.2. The van der Waals surface area contributed by atoms with Crippen molar-refractivity contribution in [3.05, 3.63) is 35.9 Å². The normalized spacial score (nSPS) is 12.1. The summed E-state index contributed by atoms with van der Waals surface area (Å²) in [4.78, 5) is 11.3. The lowest BCUT2D eigenvalue weighted by Gasteiger charge is -2.09. The van der Waals surface area contributed by atoms with E-state index in [0.29, 0.717) is 12.4 Å². The largest absolute Gasteiger partial charge is 0.465 e. The molecule has 1 unspecified atom stereocenters. The van der Waals surface area contributed by atoms with E-state index in [1.54, 1.807) is 18.7 Å². The van der Waals surface area contributed by atoms with Gasteiger partial charge in [-0.25, -0.2) is 0 Å². The van der Waals surface area contributed by atoms with Crippen molar-refractivity contribution >= 4 is 17.7 Å². The molecule has 4 heteroatoms. The zero-order valence-electron chi connectivity index (χ0n) is 10.8. The molecule has 0 aliphatic heterocycles. The van der Waals surface area contributed by atoms with Crippen LogP contribution in [0.25, 0.3) is 0 Å². The minimum Gasteiger partial charge on any atom is -0.465 e. The van der Waals surface area contributed by atoms with Gasteiger partial charge < -0.3 is 10.5 Å². The number of carbonyl (C=O) groups excluding carboxylic acids is 1. The Morgan fingerprint density at radius 3 is 2.78 bits per heavy atom. The molecule has 3 nitrogen and oxygen atoms in total. The van der Waals surface area contributed by atoms with E-state index in [2.05, 4.69) is 24.3 Å². The van der Waals surface area contributed by atoms with Crippen molar-refractivity contribution in [1.29, 1.82) is 0 Å². The summed E-state index contributed by atoms with van der Waals surface area (Å²) < 4.78 is 4.85. The third kappa shape index (κ3) is 6.07. The number of nitrogens with two attached hydrogens (primary N) is 1. The quantitative estimate of drug-likeness (QED) is 0.580. The molecule has 0 heterocycles. The zero-order valence-corrected chi connectivity index (χ0v) is 11.6. The maximum Gasteiger partial charge on any atom is 0.323 e. The Hall–Kier alpha value is -1.00. The van der Waals surface area contributed by atoms with Crippen LogP contribution in [0.5, 0.6) is 0 Å². The molecule has 1 rings (SSSR count). The Morgan fingerprint density at radius 2 is 2.11 bits per heavy atom. The van der Waals surface area contributed by atoms with Crippen LogP contribution in [0, 0.1) is 0 Å². The van der Waals surface area contributed by atoms with Crippen molar-refractivity contribution < 1.29 is 9.53 Å². The number of esters is 1. The van der Waals surface area contributed by atoms with Crippen LogP contribution < -0.4 is 5.73 Å². The summed E-state index contributed by atoms with van der Waals surface area (Å²) in [5.41, 5.74) is 7.06. The summed E-state index contributed by atoms with van der Waals surface area (Å²) in [5.74, 6) is 1.35. The molecular formula is C14H21NO2S. The van der Waals surface area contributed by atoms with Crippen LogP contribution in [-0.2, 0) is 16.0 Å². The third-order valence-corrected chi connectivity index (χ3v) is 3.66. The van der Waals surface area contributed by atoms with Crippen LogP contribution in [0.3, 0.4) is 0 Å². The van der Waals surface area contributed by atoms with Gasteiger partial charge >= 0.3 is 5.97 Å². The number of carbonyl (C=O) groups is 1. The Kier molecular flexibility index (Phi) is 7.53. The van der Waals surface area contributed by atoms with Crippen LogP contribution in [0.15, 0.2) is 30.3 Å². The first-order valence-corrected chi connectivity index (χ1v) is 7.43. The molecule has 18 heavy (non-hydrogen) atoms. The Labute approximate surface area is 113 Å². The molecule has 0 aliphatic rings. The third-order valence-electron chi connectivity index (χ3n) is 2.48. The van der Waals surface area contributed by atoms with Gasteiger partial charge in [-0.3, -0.25) is 4.79 Å². The van der Waals surface area contributed by atoms with Crippen molar-refractivity contribution in [3.63, 3.8) is 0 Å². The van der Waals surface area contributed by atoms with Crippen LogP contribution in [0.4, 0.5) is 0 Å². The minimum atomic E-state index is -0.494. The van der Waals surface area contributed by atoms with Gasteiger partial charge in [-0.2, -0.15) is 11.8 Å². The molecule has 0 fully saturated rings. The van der Waals surface area contributed by atoms with E-state index in [0.717, 1.165) is 18.6 Å². The van der Waals surface area contributed by atoms with Gasteiger partial charge in [-0.1, -0.05) is 30.3 Å². The summed E-state index contributed by atoms with van der Waals surface area (Å²) in [6, 6.07) is 9.91. The number of hydrogen-bond donors (Lipinski definition) is 1. The summed E-state index contributed by atoms with van der Waals surface area (Å²) in [6.07, 6.45) is 2.17. The molecule has 100 valence electrons. The standard InChI is InChI=1S/C14H21NO2S/c1-2-17-14(16)13(15)11-18-10-6-9-12-7-4-3-5-8-12/h3-5,7-8,13H,2,6,9-11,15H2,1H3. The molecule has 0 radical (unpaired) electrons. The lowest BCUT2D eigenvalue weighted by Crippen LogP contribution is -2.34. The highest BCUT2D eigenvalue weighted by Crippen LogP contribution is 2.09. The second-order valence-corrected chi connectivity index (χ2v) is 5.17. The number of thioether (sulfide) groups is 1. The molecule has 2 N–H and O–H groups in total. The lowest BCUT2D eigenvalue weighted by molar-refractivity contribution is -0.144. The second-order valence-electron chi connectivity index (χ2n) is 4.02. The Balaban J connectivity index is 2.07. The molecule has 0 saturated heterocycles. The highest BCUT2D eigenvalue weighted by Gasteiger charge is 2.13. The van der Waals surface area contributed by atoms with Crippen LogP contribution in [-0.4, -0.2) is 30.1 Å². The number of ether oxygens (including phenoxy) is 1. The van der Waals surface area contributed by atoms with Gasteiger partial charge in [0.1, 0.15) is 6.04 Å². The fraction of sp³-hybridized carbons (Fsp3) is 0.500. The predicted octanol–water partition coefficient (Wildman–Crippen LogP) is 2.24. The molecular weight excluding hydrogens is 246 g/mol. The minimum absolute atomic E-state index is 0.298. The van der Waals surface area contributed by atoms with Gasteiger partial charge in [0.05, 0.1) is 6.61 Å².